The molecule has 1 N–H and O–H groups in total. The van der Waals surface area contributed by atoms with Crippen molar-refractivity contribution in [3.63, 3.8) is 0 Å². The highest BCUT2D eigenvalue weighted by Crippen LogP contribution is 2.34. The van der Waals surface area contributed by atoms with Gasteiger partial charge in [-0.2, -0.15) is 0 Å². The van der Waals surface area contributed by atoms with Gasteiger partial charge in [-0.3, -0.25) is 0 Å². The van der Waals surface area contributed by atoms with E-state index in [1.54, 1.807) is 0 Å². The second-order valence-electron chi connectivity index (χ2n) is 3.65. The van der Waals surface area contributed by atoms with Crippen molar-refractivity contribution in [3.8, 4) is 0 Å². The van der Waals surface area contributed by atoms with Crippen molar-refractivity contribution >= 4 is 11.8 Å². The van der Waals surface area contributed by atoms with E-state index in [1.165, 1.54) is 4.91 Å². The lowest BCUT2D eigenvalue weighted by atomic mass is 10.2. The molecule has 64 valence electrons. The number of allylic oxidation sites excluding steroid dienone is 1. The van der Waals surface area contributed by atoms with E-state index in [0.717, 1.165) is 0 Å². The van der Waals surface area contributed by atoms with E-state index >= 15 is 0 Å². The van der Waals surface area contributed by atoms with Gasteiger partial charge in [0.05, 0.1) is 5.37 Å². The third-order valence-corrected chi connectivity index (χ3v) is 3.62. The van der Waals surface area contributed by atoms with Crippen molar-refractivity contribution in [2.24, 2.45) is 11.8 Å². The van der Waals surface area contributed by atoms with Crippen molar-refractivity contribution in [1.82, 2.24) is 5.32 Å². The van der Waals surface area contributed by atoms with Gasteiger partial charge in [0.1, 0.15) is 0 Å². The van der Waals surface area contributed by atoms with Crippen LogP contribution in [0.25, 0.3) is 0 Å². The first kappa shape index (κ1) is 8.98. The first-order chi connectivity index (χ1) is 5.11. The fourth-order valence-corrected chi connectivity index (χ4v) is 2.12. The molecule has 0 aromatic carbocycles. The van der Waals surface area contributed by atoms with Crippen LogP contribution in [0.5, 0.6) is 0 Å². The Hall–Kier alpha value is -0.110. The Morgan fingerprint density at radius 3 is 2.27 bits per heavy atom. The van der Waals surface area contributed by atoms with Gasteiger partial charge in [0.15, 0.2) is 0 Å². The molecule has 0 aromatic heterocycles. The van der Waals surface area contributed by atoms with Crippen LogP contribution in [-0.2, 0) is 0 Å². The first-order valence-corrected chi connectivity index (χ1v) is 5.12. The summed E-state index contributed by atoms with van der Waals surface area (Å²) in [7, 11) is 0. The predicted molar refractivity (Wildman–Crippen MR) is 52.3 cm³/mol. The molecule has 0 aromatic rings. The molecular weight excluding hydrogens is 154 g/mol. The lowest BCUT2D eigenvalue weighted by molar-refractivity contribution is 0.575. The third-order valence-electron chi connectivity index (χ3n) is 1.83. The Labute approximate surface area is 73.6 Å². The minimum absolute atomic E-state index is 0.604. The minimum atomic E-state index is 0.604. The molecule has 0 saturated heterocycles. The summed E-state index contributed by atoms with van der Waals surface area (Å²) in [5.74, 6) is 1.39. The zero-order valence-electron chi connectivity index (χ0n) is 7.72. The Bertz CT molecular complexity index is 161. The molecule has 0 saturated carbocycles. The minimum Gasteiger partial charge on any atom is -0.378 e. The molecular formula is C9H17NS. The van der Waals surface area contributed by atoms with Crippen LogP contribution in [0.1, 0.15) is 27.7 Å². The maximum atomic E-state index is 3.39. The number of rotatable bonds is 2. The van der Waals surface area contributed by atoms with Crippen LogP contribution in [0, 0.1) is 11.8 Å². The molecule has 1 aliphatic heterocycles. The van der Waals surface area contributed by atoms with Gasteiger partial charge in [-0.1, -0.05) is 27.7 Å². The highest BCUT2D eigenvalue weighted by Gasteiger charge is 2.21. The number of nitrogens with one attached hydrogen (secondary N) is 1. The second kappa shape index (κ2) is 3.53. The summed E-state index contributed by atoms with van der Waals surface area (Å²) in [6, 6.07) is 0. The van der Waals surface area contributed by atoms with E-state index in [9.17, 15) is 0 Å². The largest absolute Gasteiger partial charge is 0.378 e. The summed E-state index contributed by atoms with van der Waals surface area (Å²) in [5, 5.41) is 3.99. The molecule has 0 fully saturated rings. The normalized spacial score (nSPS) is 24.2. The lowest BCUT2D eigenvalue weighted by Crippen LogP contribution is -2.21. The van der Waals surface area contributed by atoms with Crippen LogP contribution in [0.4, 0.5) is 0 Å². The fraction of sp³-hybridized carbons (Fsp3) is 0.778. The maximum Gasteiger partial charge on any atom is 0.0784 e. The second-order valence-corrected chi connectivity index (χ2v) is 4.87. The molecule has 0 spiro atoms. The molecule has 0 radical (unpaired) electrons. The highest BCUT2D eigenvalue weighted by molar-refractivity contribution is 8.03. The van der Waals surface area contributed by atoms with E-state index in [1.807, 2.05) is 11.8 Å². The van der Waals surface area contributed by atoms with Crippen molar-refractivity contribution in [1.29, 1.82) is 0 Å². The Morgan fingerprint density at radius 2 is 2.00 bits per heavy atom. The smallest absolute Gasteiger partial charge is 0.0784 e. The summed E-state index contributed by atoms with van der Waals surface area (Å²) < 4.78 is 0. The fourth-order valence-electron chi connectivity index (χ4n) is 1.01. The molecule has 1 rings (SSSR count). The van der Waals surface area contributed by atoms with Gasteiger partial charge >= 0.3 is 0 Å². The standard InChI is InChI=1S/C9H17NS/c1-6(2)8-5-10-9(11-8)7(3)4/h5-7,9-10H,1-4H3. The third kappa shape index (κ3) is 2.16. The Morgan fingerprint density at radius 1 is 1.36 bits per heavy atom. The van der Waals surface area contributed by atoms with Crippen molar-refractivity contribution in [3.05, 3.63) is 11.1 Å². The van der Waals surface area contributed by atoms with Gasteiger partial charge in [0.2, 0.25) is 0 Å². The van der Waals surface area contributed by atoms with Gasteiger partial charge in [-0.25, -0.2) is 0 Å². The topological polar surface area (TPSA) is 12.0 Å². The number of hydrogen-bond acceptors (Lipinski definition) is 2. The molecule has 2 heteroatoms. The Balaban J connectivity index is 2.43. The van der Waals surface area contributed by atoms with Gasteiger partial charge in [0, 0.05) is 11.1 Å². The molecule has 1 nitrogen and oxygen atoms in total. The van der Waals surface area contributed by atoms with E-state index in [-0.39, 0.29) is 0 Å². The van der Waals surface area contributed by atoms with Crippen LogP contribution >= 0.6 is 11.8 Å². The van der Waals surface area contributed by atoms with Crippen LogP contribution in [0.3, 0.4) is 0 Å². The van der Waals surface area contributed by atoms with Gasteiger partial charge in [-0.05, 0) is 11.8 Å². The highest BCUT2D eigenvalue weighted by atomic mass is 32.2. The van der Waals surface area contributed by atoms with E-state index in [2.05, 4.69) is 39.2 Å². The van der Waals surface area contributed by atoms with Gasteiger partial charge in [0.25, 0.3) is 0 Å². The van der Waals surface area contributed by atoms with Crippen LogP contribution in [0.2, 0.25) is 0 Å². The molecule has 1 heterocycles. The Kier molecular flexibility index (Phi) is 2.88. The molecule has 1 atom stereocenters. The van der Waals surface area contributed by atoms with E-state index < -0.39 is 0 Å². The van der Waals surface area contributed by atoms with Gasteiger partial charge < -0.3 is 5.32 Å². The molecule has 11 heavy (non-hydrogen) atoms. The predicted octanol–water partition coefficient (Wildman–Crippen LogP) is 2.80. The molecule has 0 amide bonds. The van der Waals surface area contributed by atoms with E-state index in [4.69, 9.17) is 0 Å². The average Bonchev–Trinajstić information content (AvgIpc) is 2.33. The SMILES string of the molecule is CC(C)C1=CNC(C(C)C)S1. The number of thioether (sulfide) groups is 1. The van der Waals surface area contributed by atoms with Crippen LogP contribution in [-0.4, -0.2) is 5.37 Å². The van der Waals surface area contributed by atoms with Crippen molar-refractivity contribution in [2.75, 3.05) is 0 Å². The van der Waals surface area contributed by atoms with E-state index in [0.29, 0.717) is 17.2 Å². The maximum absolute atomic E-state index is 3.39. The van der Waals surface area contributed by atoms with Crippen molar-refractivity contribution in [2.45, 2.75) is 33.1 Å². The quantitative estimate of drug-likeness (QED) is 0.685. The summed E-state index contributed by atoms with van der Waals surface area (Å²) in [5.41, 5.74) is 0. The monoisotopic (exact) mass is 171 g/mol. The zero-order chi connectivity index (χ0) is 8.43. The molecule has 0 aliphatic carbocycles. The average molecular weight is 171 g/mol. The summed E-state index contributed by atoms with van der Waals surface area (Å²) >= 11 is 1.98. The lowest BCUT2D eigenvalue weighted by Gasteiger charge is -2.15. The summed E-state index contributed by atoms with van der Waals surface area (Å²) in [6.07, 6.45) is 2.17. The van der Waals surface area contributed by atoms with Gasteiger partial charge in [-0.15, -0.1) is 11.8 Å². The summed E-state index contributed by atoms with van der Waals surface area (Å²) in [6.45, 7) is 8.98. The first-order valence-electron chi connectivity index (χ1n) is 4.24. The summed E-state index contributed by atoms with van der Waals surface area (Å²) in [4.78, 5) is 1.49. The van der Waals surface area contributed by atoms with Crippen LogP contribution < -0.4 is 5.32 Å². The molecule has 0 bridgehead atoms. The molecule has 1 aliphatic rings. The van der Waals surface area contributed by atoms with Crippen LogP contribution in [0.15, 0.2) is 11.1 Å². The zero-order valence-corrected chi connectivity index (χ0v) is 8.53. The number of hydrogen-bond donors (Lipinski definition) is 1. The molecule has 1 unspecified atom stereocenters. The van der Waals surface area contributed by atoms with Crippen molar-refractivity contribution < 1.29 is 0 Å².